The number of carboxylic acid groups (broad SMARTS) is 1. The van der Waals surface area contributed by atoms with Gasteiger partial charge in [-0.05, 0) is 44.9 Å². The van der Waals surface area contributed by atoms with Gasteiger partial charge in [0.15, 0.2) is 0 Å². The number of hydrogen-bond acceptors (Lipinski definition) is 3. The molecule has 138 valence electrons. The van der Waals surface area contributed by atoms with E-state index in [1.165, 1.54) is 19.3 Å². The van der Waals surface area contributed by atoms with Crippen molar-refractivity contribution in [1.29, 1.82) is 0 Å². The number of unbranched alkanes of at least 4 members (excludes halogenated alkanes) is 3. The van der Waals surface area contributed by atoms with E-state index in [0.29, 0.717) is 25.7 Å². The molecule has 3 N–H and O–H groups in total. The minimum atomic E-state index is -0.818. The van der Waals surface area contributed by atoms with Crippen molar-refractivity contribution < 1.29 is 20.1 Å². The third-order valence-corrected chi connectivity index (χ3v) is 3.69. The van der Waals surface area contributed by atoms with Crippen LogP contribution in [-0.2, 0) is 4.79 Å². The Morgan fingerprint density at radius 2 is 1.75 bits per heavy atom. The lowest BCUT2D eigenvalue weighted by atomic mass is 10.1. The van der Waals surface area contributed by atoms with Crippen molar-refractivity contribution in [1.82, 2.24) is 0 Å². The highest BCUT2D eigenvalue weighted by Crippen LogP contribution is 2.07. The largest absolute Gasteiger partial charge is 0.481 e. The van der Waals surface area contributed by atoms with Crippen LogP contribution in [0.1, 0.15) is 71.1 Å². The highest BCUT2D eigenvalue weighted by Gasteiger charge is 2.04. The topological polar surface area (TPSA) is 77.8 Å². The Kier molecular flexibility index (Phi) is 15.5. The standard InChI is InChI=1S/C20H34O4/c1-2-3-4-5-6-9-13-18(21)14-10-7-8-11-15-19(22)16-12-17-20(23)24/h6-10,14,18-19,21-22H,2-5,11-13,15-17H2,1H3,(H,23,24). The molecule has 0 amide bonds. The van der Waals surface area contributed by atoms with E-state index in [1.807, 2.05) is 24.3 Å². The molecular weight excluding hydrogens is 304 g/mol. The van der Waals surface area contributed by atoms with Crippen molar-refractivity contribution in [2.24, 2.45) is 0 Å². The number of carbonyl (C=O) groups is 1. The first-order valence-electron chi connectivity index (χ1n) is 9.12. The lowest BCUT2D eigenvalue weighted by Crippen LogP contribution is -2.06. The van der Waals surface area contributed by atoms with Crippen LogP contribution in [0.15, 0.2) is 36.5 Å². The maximum atomic E-state index is 10.4. The molecule has 0 saturated heterocycles. The van der Waals surface area contributed by atoms with Gasteiger partial charge in [0.1, 0.15) is 0 Å². The van der Waals surface area contributed by atoms with Crippen molar-refractivity contribution in [2.45, 2.75) is 83.3 Å². The molecule has 2 atom stereocenters. The molecule has 0 aliphatic carbocycles. The smallest absolute Gasteiger partial charge is 0.303 e. The van der Waals surface area contributed by atoms with E-state index in [4.69, 9.17) is 5.11 Å². The van der Waals surface area contributed by atoms with Crippen LogP contribution < -0.4 is 0 Å². The number of rotatable bonds is 15. The van der Waals surface area contributed by atoms with Crippen LogP contribution in [0.4, 0.5) is 0 Å². The lowest BCUT2D eigenvalue weighted by molar-refractivity contribution is -0.137. The summed E-state index contributed by atoms with van der Waals surface area (Å²) in [5.74, 6) is -0.818. The Labute approximate surface area is 146 Å². The first-order chi connectivity index (χ1) is 11.6. The zero-order valence-corrected chi connectivity index (χ0v) is 14.9. The molecule has 0 spiro atoms. The second-order valence-corrected chi connectivity index (χ2v) is 6.10. The average Bonchev–Trinajstić information content (AvgIpc) is 2.53. The van der Waals surface area contributed by atoms with Crippen LogP contribution >= 0.6 is 0 Å². The maximum Gasteiger partial charge on any atom is 0.303 e. The molecule has 24 heavy (non-hydrogen) atoms. The van der Waals surface area contributed by atoms with E-state index in [1.54, 1.807) is 6.08 Å². The van der Waals surface area contributed by atoms with E-state index in [-0.39, 0.29) is 6.42 Å². The summed E-state index contributed by atoms with van der Waals surface area (Å²) >= 11 is 0. The summed E-state index contributed by atoms with van der Waals surface area (Å²) in [5.41, 5.74) is 0. The SMILES string of the molecule is CCCCCC=CCC(O)C=CC=CCCC(O)CCCC(=O)O. The highest BCUT2D eigenvalue weighted by atomic mass is 16.4. The van der Waals surface area contributed by atoms with Gasteiger partial charge < -0.3 is 15.3 Å². The van der Waals surface area contributed by atoms with E-state index in [0.717, 1.165) is 12.8 Å². The molecule has 0 aromatic heterocycles. The van der Waals surface area contributed by atoms with Gasteiger partial charge in [0.05, 0.1) is 12.2 Å². The first kappa shape index (κ1) is 22.6. The first-order valence-corrected chi connectivity index (χ1v) is 9.12. The molecule has 0 saturated carbocycles. The molecule has 0 heterocycles. The molecule has 0 aromatic rings. The molecule has 0 fully saturated rings. The van der Waals surface area contributed by atoms with Crippen molar-refractivity contribution in [3.05, 3.63) is 36.5 Å². The summed E-state index contributed by atoms with van der Waals surface area (Å²) in [5, 5.41) is 28.0. The molecule has 0 aliphatic rings. The van der Waals surface area contributed by atoms with Crippen LogP contribution in [0.25, 0.3) is 0 Å². The molecule has 4 heteroatoms. The van der Waals surface area contributed by atoms with Crippen LogP contribution in [-0.4, -0.2) is 33.5 Å². The Bertz CT molecular complexity index is 385. The third kappa shape index (κ3) is 17.0. The third-order valence-electron chi connectivity index (χ3n) is 3.69. The number of hydrogen-bond donors (Lipinski definition) is 3. The van der Waals surface area contributed by atoms with Crippen LogP contribution in [0.5, 0.6) is 0 Å². The number of allylic oxidation sites excluding steroid dienone is 4. The van der Waals surface area contributed by atoms with Crippen molar-refractivity contribution in [3.63, 3.8) is 0 Å². The summed E-state index contributed by atoms with van der Waals surface area (Å²) in [6.45, 7) is 2.19. The molecule has 0 aliphatic heterocycles. The van der Waals surface area contributed by atoms with E-state index < -0.39 is 18.2 Å². The summed E-state index contributed by atoms with van der Waals surface area (Å²) in [6, 6.07) is 0. The zero-order valence-electron chi connectivity index (χ0n) is 14.9. The minimum Gasteiger partial charge on any atom is -0.481 e. The molecule has 0 aromatic carbocycles. The Hall–Kier alpha value is -1.39. The summed E-state index contributed by atoms with van der Waals surface area (Å²) in [7, 11) is 0. The van der Waals surface area contributed by atoms with E-state index >= 15 is 0 Å². The Morgan fingerprint density at radius 1 is 0.958 bits per heavy atom. The zero-order chi connectivity index (χ0) is 18.0. The molecule has 0 radical (unpaired) electrons. The lowest BCUT2D eigenvalue weighted by Gasteiger charge is -2.07. The fourth-order valence-corrected chi connectivity index (χ4v) is 2.23. The molecular formula is C20H34O4. The molecule has 0 rings (SSSR count). The number of carboxylic acids is 1. The molecule has 2 unspecified atom stereocenters. The number of aliphatic hydroxyl groups excluding tert-OH is 2. The van der Waals surface area contributed by atoms with Crippen molar-refractivity contribution in [3.8, 4) is 0 Å². The average molecular weight is 338 g/mol. The van der Waals surface area contributed by atoms with Gasteiger partial charge >= 0.3 is 5.97 Å². The summed E-state index contributed by atoms with van der Waals surface area (Å²) in [6.07, 6.45) is 18.6. The van der Waals surface area contributed by atoms with Gasteiger partial charge in [-0.2, -0.15) is 0 Å². The van der Waals surface area contributed by atoms with Crippen LogP contribution in [0.2, 0.25) is 0 Å². The second kappa shape index (κ2) is 16.5. The second-order valence-electron chi connectivity index (χ2n) is 6.10. The van der Waals surface area contributed by atoms with Gasteiger partial charge in [-0.1, -0.05) is 56.2 Å². The van der Waals surface area contributed by atoms with Crippen molar-refractivity contribution >= 4 is 5.97 Å². The van der Waals surface area contributed by atoms with Gasteiger partial charge in [-0.3, -0.25) is 4.79 Å². The quantitative estimate of drug-likeness (QED) is 0.235. The van der Waals surface area contributed by atoms with Crippen molar-refractivity contribution in [2.75, 3.05) is 0 Å². The van der Waals surface area contributed by atoms with Gasteiger partial charge in [0, 0.05) is 6.42 Å². The van der Waals surface area contributed by atoms with Gasteiger partial charge in [0.25, 0.3) is 0 Å². The van der Waals surface area contributed by atoms with Gasteiger partial charge in [-0.15, -0.1) is 0 Å². The van der Waals surface area contributed by atoms with Crippen LogP contribution in [0.3, 0.4) is 0 Å². The van der Waals surface area contributed by atoms with E-state index in [2.05, 4.69) is 13.0 Å². The molecule has 4 nitrogen and oxygen atoms in total. The monoisotopic (exact) mass is 338 g/mol. The molecule has 0 bridgehead atoms. The summed E-state index contributed by atoms with van der Waals surface area (Å²) in [4.78, 5) is 10.4. The Morgan fingerprint density at radius 3 is 2.46 bits per heavy atom. The predicted molar refractivity (Wildman–Crippen MR) is 98.9 cm³/mol. The minimum absolute atomic E-state index is 0.112. The fourth-order valence-electron chi connectivity index (χ4n) is 2.23. The van der Waals surface area contributed by atoms with Gasteiger partial charge in [0.2, 0.25) is 0 Å². The Balaban J connectivity index is 3.66. The number of aliphatic hydroxyl groups is 2. The highest BCUT2D eigenvalue weighted by molar-refractivity contribution is 5.66. The predicted octanol–water partition coefficient (Wildman–Crippen LogP) is 4.38. The normalized spacial score (nSPS) is 14.8. The van der Waals surface area contributed by atoms with Crippen LogP contribution in [0, 0.1) is 0 Å². The fraction of sp³-hybridized carbons (Fsp3) is 0.650. The van der Waals surface area contributed by atoms with E-state index in [9.17, 15) is 15.0 Å². The number of aliphatic carboxylic acids is 1. The van der Waals surface area contributed by atoms with Gasteiger partial charge in [-0.25, -0.2) is 0 Å². The summed E-state index contributed by atoms with van der Waals surface area (Å²) < 4.78 is 0. The maximum absolute atomic E-state index is 10.4.